The number of benzene rings is 1. The summed E-state index contributed by atoms with van der Waals surface area (Å²) in [5, 5.41) is 0.773. The van der Waals surface area contributed by atoms with E-state index in [-0.39, 0.29) is 11.6 Å². The highest BCUT2D eigenvalue weighted by molar-refractivity contribution is 9.10. The van der Waals surface area contributed by atoms with Crippen molar-refractivity contribution in [3.05, 3.63) is 33.3 Å². The van der Waals surface area contributed by atoms with E-state index in [0.717, 1.165) is 40.9 Å². The molecule has 0 aliphatic heterocycles. The zero-order valence-corrected chi connectivity index (χ0v) is 13.6. The van der Waals surface area contributed by atoms with Gasteiger partial charge in [-0.2, -0.15) is 0 Å². The minimum Gasteiger partial charge on any atom is -0.374 e. The average molecular weight is 347 g/mol. The minimum atomic E-state index is -0.148. The third-order valence-electron chi connectivity index (χ3n) is 4.01. The fourth-order valence-electron chi connectivity index (χ4n) is 2.99. The highest BCUT2D eigenvalue weighted by atomic mass is 79.9. The first-order chi connectivity index (χ1) is 9.07. The molecule has 1 fully saturated rings. The molecule has 106 valence electrons. The largest absolute Gasteiger partial charge is 0.374 e. The lowest BCUT2D eigenvalue weighted by Crippen LogP contribution is -2.49. The maximum absolute atomic E-state index is 6.44. The molecule has 0 saturated heterocycles. The summed E-state index contributed by atoms with van der Waals surface area (Å²) < 4.78 is 7.01. The van der Waals surface area contributed by atoms with Gasteiger partial charge in [-0.15, -0.1) is 0 Å². The Kier molecular flexibility index (Phi) is 5.29. The van der Waals surface area contributed by atoms with Gasteiger partial charge in [0.15, 0.2) is 0 Å². The first-order valence-electron chi connectivity index (χ1n) is 6.91. The van der Waals surface area contributed by atoms with Crippen molar-refractivity contribution in [3.63, 3.8) is 0 Å². The van der Waals surface area contributed by atoms with Crippen LogP contribution in [0.15, 0.2) is 22.7 Å². The smallest absolute Gasteiger partial charge is 0.0835 e. The van der Waals surface area contributed by atoms with Gasteiger partial charge < -0.3 is 10.5 Å². The third-order valence-corrected chi connectivity index (χ3v) is 4.86. The van der Waals surface area contributed by atoms with Crippen LogP contribution in [0.5, 0.6) is 0 Å². The quantitative estimate of drug-likeness (QED) is 0.861. The lowest BCUT2D eigenvalue weighted by molar-refractivity contribution is -0.0524. The van der Waals surface area contributed by atoms with Gasteiger partial charge in [-0.1, -0.05) is 46.4 Å². The fourth-order valence-corrected chi connectivity index (χ4v) is 3.74. The Morgan fingerprint density at radius 3 is 2.68 bits per heavy atom. The number of ether oxygens (including phenoxy) is 1. The second kappa shape index (κ2) is 6.57. The van der Waals surface area contributed by atoms with Crippen molar-refractivity contribution < 1.29 is 4.74 Å². The Balaban J connectivity index is 2.12. The second-order valence-corrected chi connectivity index (χ2v) is 6.57. The minimum absolute atomic E-state index is 0.00799. The van der Waals surface area contributed by atoms with Crippen molar-refractivity contribution in [1.29, 1.82) is 0 Å². The molecular weight excluding hydrogens is 326 g/mol. The lowest BCUT2D eigenvalue weighted by Gasteiger charge is -2.35. The van der Waals surface area contributed by atoms with Crippen LogP contribution >= 0.6 is 27.5 Å². The molecule has 0 radical (unpaired) electrons. The molecule has 2 N–H and O–H groups in total. The van der Waals surface area contributed by atoms with Gasteiger partial charge in [0, 0.05) is 22.1 Å². The Morgan fingerprint density at radius 1 is 1.42 bits per heavy atom. The number of rotatable bonds is 5. The third kappa shape index (κ3) is 3.52. The van der Waals surface area contributed by atoms with Crippen LogP contribution in [0.25, 0.3) is 0 Å². The Morgan fingerprint density at radius 2 is 2.11 bits per heavy atom. The van der Waals surface area contributed by atoms with Gasteiger partial charge in [0.2, 0.25) is 0 Å². The molecule has 1 saturated carbocycles. The molecular formula is C15H21BrClNO. The van der Waals surface area contributed by atoms with Gasteiger partial charge in [0.05, 0.1) is 5.60 Å². The van der Waals surface area contributed by atoms with Gasteiger partial charge in [-0.05, 0) is 43.9 Å². The number of halogens is 2. The second-order valence-electron chi connectivity index (χ2n) is 5.25. The summed E-state index contributed by atoms with van der Waals surface area (Å²) in [6, 6.07) is 5.98. The SMILES string of the molecule is CCOC1(C(N)Cc2ccc(Br)cc2Cl)CCCC1. The molecule has 0 amide bonds. The summed E-state index contributed by atoms with van der Waals surface area (Å²) in [6.45, 7) is 2.77. The van der Waals surface area contributed by atoms with E-state index in [0.29, 0.717) is 0 Å². The van der Waals surface area contributed by atoms with E-state index in [1.165, 1.54) is 12.8 Å². The molecule has 1 aliphatic rings. The molecule has 1 aromatic rings. The summed E-state index contributed by atoms with van der Waals surface area (Å²) >= 11 is 9.70. The van der Waals surface area contributed by atoms with Crippen LogP contribution in [0, 0.1) is 0 Å². The van der Waals surface area contributed by atoms with Crippen molar-refractivity contribution >= 4 is 27.5 Å². The molecule has 1 aliphatic carbocycles. The first-order valence-corrected chi connectivity index (χ1v) is 8.08. The van der Waals surface area contributed by atoms with E-state index >= 15 is 0 Å². The number of hydrogen-bond donors (Lipinski definition) is 1. The van der Waals surface area contributed by atoms with Gasteiger partial charge in [-0.3, -0.25) is 0 Å². The normalized spacial score (nSPS) is 19.6. The standard InChI is InChI=1S/C15H21BrClNO/c1-2-19-15(7-3-4-8-15)14(18)9-11-5-6-12(16)10-13(11)17/h5-6,10,14H,2-4,7-9,18H2,1H3. The molecule has 1 atom stereocenters. The van der Waals surface area contributed by atoms with Crippen molar-refractivity contribution in [2.45, 2.75) is 50.7 Å². The molecule has 0 bridgehead atoms. The topological polar surface area (TPSA) is 35.2 Å². The highest BCUT2D eigenvalue weighted by Gasteiger charge is 2.40. The van der Waals surface area contributed by atoms with Crippen molar-refractivity contribution in [3.8, 4) is 0 Å². The first kappa shape index (κ1) is 15.3. The fraction of sp³-hybridized carbons (Fsp3) is 0.600. The molecule has 1 aromatic carbocycles. The van der Waals surface area contributed by atoms with Crippen LogP contribution in [0.3, 0.4) is 0 Å². The van der Waals surface area contributed by atoms with Crippen LogP contribution in [0.4, 0.5) is 0 Å². The molecule has 19 heavy (non-hydrogen) atoms. The van der Waals surface area contributed by atoms with E-state index in [1.807, 2.05) is 25.1 Å². The van der Waals surface area contributed by atoms with Crippen LogP contribution in [-0.2, 0) is 11.2 Å². The predicted octanol–water partition coefficient (Wildman–Crippen LogP) is 4.32. The summed E-state index contributed by atoms with van der Waals surface area (Å²) in [5.41, 5.74) is 7.40. The zero-order valence-electron chi connectivity index (χ0n) is 11.3. The van der Waals surface area contributed by atoms with Crippen molar-refractivity contribution in [1.82, 2.24) is 0 Å². The molecule has 4 heteroatoms. The van der Waals surface area contributed by atoms with E-state index < -0.39 is 0 Å². The van der Waals surface area contributed by atoms with Crippen molar-refractivity contribution in [2.75, 3.05) is 6.61 Å². The van der Waals surface area contributed by atoms with Crippen LogP contribution in [0.1, 0.15) is 38.2 Å². The Bertz CT molecular complexity index is 432. The molecule has 0 aromatic heterocycles. The monoisotopic (exact) mass is 345 g/mol. The Hall–Kier alpha value is -0.0900. The van der Waals surface area contributed by atoms with E-state index in [2.05, 4.69) is 15.9 Å². The zero-order chi connectivity index (χ0) is 13.9. The van der Waals surface area contributed by atoms with E-state index in [9.17, 15) is 0 Å². The van der Waals surface area contributed by atoms with Gasteiger partial charge >= 0.3 is 0 Å². The molecule has 0 heterocycles. The van der Waals surface area contributed by atoms with Crippen LogP contribution < -0.4 is 5.73 Å². The van der Waals surface area contributed by atoms with Gasteiger partial charge in [-0.25, -0.2) is 0 Å². The van der Waals surface area contributed by atoms with Crippen LogP contribution in [0.2, 0.25) is 5.02 Å². The van der Waals surface area contributed by atoms with Crippen molar-refractivity contribution in [2.24, 2.45) is 5.73 Å². The summed E-state index contributed by atoms with van der Waals surface area (Å²) in [5.74, 6) is 0. The summed E-state index contributed by atoms with van der Waals surface area (Å²) in [7, 11) is 0. The van der Waals surface area contributed by atoms with E-state index in [4.69, 9.17) is 22.1 Å². The molecule has 2 rings (SSSR count). The average Bonchev–Trinajstić information content (AvgIpc) is 2.83. The maximum Gasteiger partial charge on any atom is 0.0835 e. The lowest BCUT2D eigenvalue weighted by atomic mass is 9.88. The summed E-state index contributed by atoms with van der Waals surface area (Å²) in [6.07, 6.45) is 5.32. The highest BCUT2D eigenvalue weighted by Crippen LogP contribution is 2.37. The number of nitrogens with two attached hydrogens (primary N) is 1. The predicted molar refractivity (Wildman–Crippen MR) is 83.7 cm³/mol. The van der Waals surface area contributed by atoms with Gasteiger partial charge in [0.1, 0.15) is 0 Å². The summed E-state index contributed by atoms with van der Waals surface area (Å²) in [4.78, 5) is 0. The maximum atomic E-state index is 6.44. The van der Waals surface area contributed by atoms with Crippen LogP contribution in [-0.4, -0.2) is 18.2 Å². The van der Waals surface area contributed by atoms with Gasteiger partial charge in [0.25, 0.3) is 0 Å². The molecule has 0 spiro atoms. The number of hydrogen-bond acceptors (Lipinski definition) is 2. The van der Waals surface area contributed by atoms with E-state index in [1.54, 1.807) is 0 Å². The molecule has 2 nitrogen and oxygen atoms in total. The Labute approximate surface area is 128 Å². The molecule has 1 unspecified atom stereocenters.